The number of nitrogens with one attached hydrogen (secondary N) is 1. The predicted molar refractivity (Wildman–Crippen MR) is 98.2 cm³/mol. The van der Waals surface area contributed by atoms with Crippen molar-refractivity contribution in [3.05, 3.63) is 65.2 Å². The quantitative estimate of drug-likeness (QED) is 0.765. The van der Waals surface area contributed by atoms with Gasteiger partial charge in [0, 0.05) is 11.3 Å². The topological polar surface area (TPSA) is 29.1 Å². The molecule has 0 aromatic heterocycles. The molecular weight excluding hydrogens is 282 g/mol. The molecule has 2 heteroatoms. The number of rotatable bonds is 4. The van der Waals surface area contributed by atoms with Gasteiger partial charge in [0.2, 0.25) is 0 Å². The van der Waals surface area contributed by atoms with E-state index < -0.39 is 0 Å². The molecule has 0 fully saturated rings. The van der Waals surface area contributed by atoms with Crippen LogP contribution in [-0.2, 0) is 5.41 Å². The molecule has 2 aromatic rings. The Hall–Kier alpha value is -2.09. The maximum atomic E-state index is 12.5. The summed E-state index contributed by atoms with van der Waals surface area (Å²) in [4.78, 5) is 12.5. The van der Waals surface area contributed by atoms with E-state index in [1.165, 1.54) is 11.1 Å². The zero-order chi connectivity index (χ0) is 17.0. The first kappa shape index (κ1) is 17.3. The molecule has 0 radical (unpaired) electrons. The molecule has 23 heavy (non-hydrogen) atoms. The average Bonchev–Trinajstić information content (AvgIpc) is 2.54. The maximum absolute atomic E-state index is 12.5. The van der Waals surface area contributed by atoms with Gasteiger partial charge in [-0.3, -0.25) is 4.79 Å². The van der Waals surface area contributed by atoms with Crippen LogP contribution in [0.5, 0.6) is 0 Å². The molecule has 0 saturated carbocycles. The molecule has 0 saturated heterocycles. The van der Waals surface area contributed by atoms with Gasteiger partial charge in [-0.15, -0.1) is 0 Å². The number of benzene rings is 2. The van der Waals surface area contributed by atoms with E-state index in [4.69, 9.17) is 0 Å². The molecule has 0 aliphatic rings. The van der Waals surface area contributed by atoms with Gasteiger partial charge in [-0.2, -0.15) is 0 Å². The van der Waals surface area contributed by atoms with Crippen LogP contribution in [-0.4, -0.2) is 5.91 Å². The Balaban J connectivity index is 2.20. The lowest BCUT2D eigenvalue weighted by Crippen LogP contribution is -2.15. The second-order valence-electron chi connectivity index (χ2n) is 7.18. The summed E-state index contributed by atoms with van der Waals surface area (Å²) in [5, 5.41) is 3.06. The van der Waals surface area contributed by atoms with E-state index in [1.54, 1.807) is 0 Å². The summed E-state index contributed by atoms with van der Waals surface area (Å²) in [6.07, 6.45) is 1.05. The number of carbonyl (C=O) groups excluding carboxylic acids is 1. The summed E-state index contributed by atoms with van der Waals surface area (Å²) in [5.74, 6) is 0.371. The summed E-state index contributed by atoms with van der Waals surface area (Å²) < 4.78 is 0. The smallest absolute Gasteiger partial charge is 0.255 e. The molecule has 1 N–H and O–H groups in total. The van der Waals surface area contributed by atoms with E-state index in [2.05, 4.69) is 46.0 Å². The minimum atomic E-state index is -0.0544. The molecule has 122 valence electrons. The number of carbonyl (C=O) groups is 1. The summed E-state index contributed by atoms with van der Waals surface area (Å²) in [5.41, 5.74) is 4.12. The Bertz CT molecular complexity index is 665. The Morgan fingerprint density at radius 2 is 1.65 bits per heavy atom. The van der Waals surface area contributed by atoms with Crippen molar-refractivity contribution in [2.24, 2.45) is 0 Å². The van der Waals surface area contributed by atoms with Gasteiger partial charge in [0.15, 0.2) is 0 Å². The fraction of sp³-hybridized carbons (Fsp3) is 0.381. The third-order valence-electron chi connectivity index (χ3n) is 4.37. The first-order chi connectivity index (χ1) is 10.8. The van der Waals surface area contributed by atoms with Crippen molar-refractivity contribution in [3.8, 4) is 0 Å². The molecule has 2 nitrogen and oxygen atoms in total. The van der Waals surface area contributed by atoms with Crippen LogP contribution in [0.3, 0.4) is 0 Å². The lowest BCUT2D eigenvalue weighted by atomic mass is 9.86. The highest BCUT2D eigenvalue weighted by molar-refractivity contribution is 6.04. The lowest BCUT2D eigenvalue weighted by Gasteiger charge is -2.19. The van der Waals surface area contributed by atoms with Crippen molar-refractivity contribution in [2.45, 2.75) is 52.4 Å². The van der Waals surface area contributed by atoms with Crippen LogP contribution in [0.2, 0.25) is 0 Å². The zero-order valence-corrected chi connectivity index (χ0v) is 14.8. The highest BCUT2D eigenvalue weighted by Gasteiger charge is 2.15. The van der Waals surface area contributed by atoms with Crippen LogP contribution < -0.4 is 5.32 Å². The van der Waals surface area contributed by atoms with Crippen molar-refractivity contribution in [3.63, 3.8) is 0 Å². The maximum Gasteiger partial charge on any atom is 0.255 e. The highest BCUT2D eigenvalue weighted by Crippen LogP contribution is 2.27. The molecule has 0 aliphatic carbocycles. The molecule has 0 bridgehead atoms. The van der Waals surface area contributed by atoms with Crippen LogP contribution >= 0.6 is 0 Å². The van der Waals surface area contributed by atoms with Gasteiger partial charge in [-0.1, -0.05) is 65.0 Å². The monoisotopic (exact) mass is 309 g/mol. The average molecular weight is 309 g/mol. The molecule has 2 rings (SSSR count). The molecule has 0 aliphatic heterocycles. The van der Waals surface area contributed by atoms with Crippen LogP contribution in [0.15, 0.2) is 48.5 Å². The fourth-order valence-corrected chi connectivity index (χ4v) is 2.58. The van der Waals surface area contributed by atoms with Gasteiger partial charge in [0.1, 0.15) is 0 Å². The highest BCUT2D eigenvalue weighted by atomic mass is 16.1. The molecule has 1 atom stereocenters. The Labute approximate surface area is 139 Å². The van der Waals surface area contributed by atoms with E-state index in [0.29, 0.717) is 11.5 Å². The molecule has 0 heterocycles. The van der Waals surface area contributed by atoms with Crippen LogP contribution in [0.1, 0.15) is 68.4 Å². The van der Waals surface area contributed by atoms with Crippen molar-refractivity contribution in [2.75, 3.05) is 5.32 Å². The summed E-state index contributed by atoms with van der Waals surface area (Å²) in [6.45, 7) is 10.9. The van der Waals surface area contributed by atoms with Crippen molar-refractivity contribution in [1.82, 2.24) is 0 Å². The van der Waals surface area contributed by atoms with E-state index in [9.17, 15) is 4.79 Å². The number of anilines is 1. The SMILES string of the molecule is CCC(C)c1ccccc1NC(=O)c1ccc(C(C)(C)C)cc1. The normalized spacial score (nSPS) is 12.7. The largest absolute Gasteiger partial charge is 0.322 e. The van der Waals surface area contributed by atoms with E-state index in [-0.39, 0.29) is 11.3 Å². The van der Waals surface area contributed by atoms with E-state index >= 15 is 0 Å². The second-order valence-corrected chi connectivity index (χ2v) is 7.18. The lowest BCUT2D eigenvalue weighted by molar-refractivity contribution is 0.102. The van der Waals surface area contributed by atoms with Gasteiger partial charge in [-0.25, -0.2) is 0 Å². The number of hydrogen-bond acceptors (Lipinski definition) is 1. The first-order valence-corrected chi connectivity index (χ1v) is 8.33. The van der Waals surface area contributed by atoms with Gasteiger partial charge in [0.05, 0.1) is 0 Å². The van der Waals surface area contributed by atoms with Gasteiger partial charge < -0.3 is 5.32 Å². The van der Waals surface area contributed by atoms with Gasteiger partial charge in [0.25, 0.3) is 5.91 Å². The predicted octanol–water partition coefficient (Wildman–Crippen LogP) is 5.75. The van der Waals surface area contributed by atoms with Crippen molar-refractivity contribution in [1.29, 1.82) is 0 Å². The van der Waals surface area contributed by atoms with Crippen molar-refractivity contribution >= 4 is 11.6 Å². The standard InChI is InChI=1S/C21H27NO/c1-6-15(2)18-9-7-8-10-19(18)22-20(23)16-11-13-17(14-12-16)21(3,4)5/h7-15H,6H2,1-5H3,(H,22,23). The van der Waals surface area contributed by atoms with Crippen molar-refractivity contribution < 1.29 is 4.79 Å². The Morgan fingerprint density at radius 1 is 1.04 bits per heavy atom. The Morgan fingerprint density at radius 3 is 2.22 bits per heavy atom. The minimum absolute atomic E-state index is 0.0544. The Kier molecular flexibility index (Phi) is 5.25. The summed E-state index contributed by atoms with van der Waals surface area (Å²) in [6, 6.07) is 15.9. The molecule has 0 spiro atoms. The van der Waals surface area contributed by atoms with E-state index in [1.807, 2.05) is 42.5 Å². The molecule has 2 aromatic carbocycles. The number of para-hydroxylation sites is 1. The third-order valence-corrected chi connectivity index (χ3v) is 4.37. The third kappa shape index (κ3) is 4.22. The first-order valence-electron chi connectivity index (χ1n) is 8.33. The summed E-state index contributed by atoms with van der Waals surface area (Å²) in [7, 11) is 0. The molecule has 1 amide bonds. The number of hydrogen-bond donors (Lipinski definition) is 1. The van der Waals surface area contributed by atoms with E-state index in [0.717, 1.165) is 12.1 Å². The van der Waals surface area contributed by atoms with Gasteiger partial charge in [-0.05, 0) is 47.1 Å². The zero-order valence-electron chi connectivity index (χ0n) is 14.8. The molecule has 1 unspecified atom stereocenters. The van der Waals surface area contributed by atoms with Crippen LogP contribution in [0.4, 0.5) is 5.69 Å². The summed E-state index contributed by atoms with van der Waals surface area (Å²) >= 11 is 0. The van der Waals surface area contributed by atoms with Crippen LogP contribution in [0, 0.1) is 0 Å². The van der Waals surface area contributed by atoms with Gasteiger partial charge >= 0.3 is 0 Å². The number of amides is 1. The fourth-order valence-electron chi connectivity index (χ4n) is 2.58. The second kappa shape index (κ2) is 6.99. The minimum Gasteiger partial charge on any atom is -0.322 e. The van der Waals surface area contributed by atoms with Crippen LogP contribution in [0.25, 0.3) is 0 Å². The molecular formula is C21H27NO.